The molecular formula is C15H23N3OS. The molecule has 0 heterocycles. The first-order chi connectivity index (χ1) is 9.65. The van der Waals surface area contributed by atoms with Crippen molar-refractivity contribution in [1.82, 2.24) is 5.32 Å². The minimum atomic E-state index is 0.0894. The molecule has 1 fully saturated rings. The first-order valence-electron chi connectivity index (χ1n) is 7.11. The number of carbonyl (C=O) groups excluding carboxylic acids is 1. The van der Waals surface area contributed by atoms with E-state index in [1.807, 2.05) is 24.1 Å². The summed E-state index contributed by atoms with van der Waals surface area (Å²) in [6.45, 7) is 3.00. The fraction of sp³-hybridized carbons (Fsp3) is 0.533. The lowest BCUT2D eigenvalue weighted by Crippen LogP contribution is -2.36. The number of thioether (sulfide) groups is 1. The number of rotatable bonds is 7. The molecule has 5 heteroatoms. The number of carbonyl (C=O) groups is 1. The Kier molecular flexibility index (Phi) is 5.31. The first-order valence-corrected chi connectivity index (χ1v) is 8.09. The van der Waals surface area contributed by atoms with Crippen LogP contribution < -0.4 is 16.0 Å². The van der Waals surface area contributed by atoms with Crippen LogP contribution in [0.15, 0.2) is 23.1 Å². The van der Waals surface area contributed by atoms with Crippen LogP contribution in [0.1, 0.15) is 25.3 Å². The zero-order valence-electron chi connectivity index (χ0n) is 12.2. The van der Waals surface area contributed by atoms with Crippen LogP contribution in [0.4, 0.5) is 5.69 Å². The number of hydrogen-bond acceptors (Lipinski definition) is 4. The van der Waals surface area contributed by atoms with Gasteiger partial charge in [0.05, 0.1) is 6.54 Å². The monoisotopic (exact) mass is 293 g/mol. The fourth-order valence-electron chi connectivity index (χ4n) is 2.21. The summed E-state index contributed by atoms with van der Waals surface area (Å²) < 4.78 is 0. The third kappa shape index (κ3) is 3.90. The molecule has 0 spiro atoms. The van der Waals surface area contributed by atoms with Gasteiger partial charge in [-0.2, -0.15) is 0 Å². The van der Waals surface area contributed by atoms with E-state index in [-0.39, 0.29) is 5.91 Å². The van der Waals surface area contributed by atoms with Crippen molar-refractivity contribution in [3.8, 4) is 0 Å². The second kappa shape index (κ2) is 6.99. The van der Waals surface area contributed by atoms with Gasteiger partial charge in [0.1, 0.15) is 0 Å². The van der Waals surface area contributed by atoms with Crippen molar-refractivity contribution in [3.05, 3.63) is 23.8 Å². The van der Waals surface area contributed by atoms with E-state index in [9.17, 15) is 4.79 Å². The van der Waals surface area contributed by atoms with E-state index in [2.05, 4.69) is 18.3 Å². The Morgan fingerprint density at radius 1 is 1.50 bits per heavy atom. The van der Waals surface area contributed by atoms with Gasteiger partial charge in [0.15, 0.2) is 0 Å². The van der Waals surface area contributed by atoms with Crippen molar-refractivity contribution in [2.75, 3.05) is 24.2 Å². The molecule has 0 radical (unpaired) electrons. The predicted molar refractivity (Wildman–Crippen MR) is 85.2 cm³/mol. The smallest absolute Gasteiger partial charge is 0.239 e. The van der Waals surface area contributed by atoms with Gasteiger partial charge in [-0.3, -0.25) is 4.79 Å². The van der Waals surface area contributed by atoms with E-state index < -0.39 is 0 Å². The highest BCUT2D eigenvalue weighted by atomic mass is 32.2. The van der Waals surface area contributed by atoms with Crippen molar-refractivity contribution >= 4 is 23.4 Å². The summed E-state index contributed by atoms with van der Waals surface area (Å²) in [4.78, 5) is 15.1. The highest BCUT2D eigenvalue weighted by Gasteiger charge is 2.24. The standard InChI is InChI=1S/C15H23N3OS/c1-3-20-14-6-4-5-13(12(14)9-16)18(2)10-15(19)17-11-7-8-11/h4-6,11H,3,7-10,16H2,1-2H3,(H,17,19). The average Bonchev–Trinajstić information content (AvgIpc) is 3.22. The molecule has 0 unspecified atom stereocenters. The van der Waals surface area contributed by atoms with E-state index in [1.54, 1.807) is 11.8 Å². The molecule has 3 N–H and O–H groups in total. The fourth-order valence-corrected chi connectivity index (χ4v) is 3.06. The maximum absolute atomic E-state index is 11.9. The number of benzene rings is 1. The van der Waals surface area contributed by atoms with E-state index in [0.29, 0.717) is 19.1 Å². The Hall–Kier alpha value is -1.20. The van der Waals surface area contributed by atoms with Gasteiger partial charge < -0.3 is 16.0 Å². The highest BCUT2D eigenvalue weighted by molar-refractivity contribution is 7.99. The Labute approximate surface area is 125 Å². The van der Waals surface area contributed by atoms with E-state index >= 15 is 0 Å². The second-order valence-electron chi connectivity index (χ2n) is 5.09. The molecule has 0 bridgehead atoms. The molecule has 1 aromatic rings. The van der Waals surface area contributed by atoms with Crippen molar-refractivity contribution < 1.29 is 4.79 Å². The maximum Gasteiger partial charge on any atom is 0.239 e. The van der Waals surface area contributed by atoms with Gasteiger partial charge in [-0.15, -0.1) is 11.8 Å². The van der Waals surface area contributed by atoms with Crippen LogP contribution >= 0.6 is 11.8 Å². The molecule has 4 nitrogen and oxygen atoms in total. The topological polar surface area (TPSA) is 58.4 Å². The van der Waals surface area contributed by atoms with Crippen molar-refractivity contribution in [3.63, 3.8) is 0 Å². The van der Waals surface area contributed by atoms with Crippen LogP contribution in [-0.4, -0.2) is 31.3 Å². The first kappa shape index (κ1) is 15.2. The number of nitrogens with two attached hydrogens (primary N) is 1. The quantitative estimate of drug-likeness (QED) is 0.755. The largest absolute Gasteiger partial charge is 0.365 e. The lowest BCUT2D eigenvalue weighted by atomic mass is 10.1. The summed E-state index contributed by atoms with van der Waals surface area (Å²) in [5.41, 5.74) is 8.08. The van der Waals surface area contributed by atoms with Crippen LogP contribution in [0, 0.1) is 0 Å². The van der Waals surface area contributed by atoms with Gasteiger partial charge in [-0.25, -0.2) is 0 Å². The Morgan fingerprint density at radius 3 is 2.85 bits per heavy atom. The minimum Gasteiger partial charge on any atom is -0.365 e. The molecule has 1 aliphatic carbocycles. The lowest BCUT2D eigenvalue weighted by molar-refractivity contribution is -0.119. The Morgan fingerprint density at radius 2 is 2.25 bits per heavy atom. The molecule has 20 heavy (non-hydrogen) atoms. The van der Waals surface area contributed by atoms with Crippen molar-refractivity contribution in [2.45, 2.75) is 37.2 Å². The normalized spacial score (nSPS) is 14.2. The summed E-state index contributed by atoms with van der Waals surface area (Å²) >= 11 is 1.79. The van der Waals surface area contributed by atoms with E-state index in [0.717, 1.165) is 29.8 Å². The van der Waals surface area contributed by atoms with Gasteiger partial charge in [0, 0.05) is 35.8 Å². The summed E-state index contributed by atoms with van der Waals surface area (Å²) in [5.74, 6) is 1.11. The summed E-state index contributed by atoms with van der Waals surface area (Å²) in [6.07, 6.45) is 2.23. The molecule has 1 aromatic carbocycles. The van der Waals surface area contributed by atoms with E-state index in [4.69, 9.17) is 5.73 Å². The van der Waals surface area contributed by atoms with Gasteiger partial charge in [0.25, 0.3) is 0 Å². The van der Waals surface area contributed by atoms with Crippen molar-refractivity contribution in [1.29, 1.82) is 0 Å². The number of hydrogen-bond donors (Lipinski definition) is 2. The SMILES string of the molecule is CCSc1cccc(N(C)CC(=O)NC2CC2)c1CN. The molecule has 1 aliphatic rings. The number of nitrogens with zero attached hydrogens (tertiary/aromatic N) is 1. The molecule has 0 saturated heterocycles. The molecule has 1 saturated carbocycles. The van der Waals surface area contributed by atoms with Crippen LogP contribution in [0.25, 0.3) is 0 Å². The Balaban J connectivity index is 2.08. The Bertz CT molecular complexity index is 474. The summed E-state index contributed by atoms with van der Waals surface area (Å²) in [6, 6.07) is 6.57. The zero-order valence-corrected chi connectivity index (χ0v) is 13.0. The van der Waals surface area contributed by atoms with Crippen LogP contribution in [0.2, 0.25) is 0 Å². The third-order valence-electron chi connectivity index (χ3n) is 3.35. The highest BCUT2D eigenvalue weighted by Crippen LogP contribution is 2.30. The van der Waals surface area contributed by atoms with Crippen LogP contribution in [0.5, 0.6) is 0 Å². The number of likely N-dealkylation sites (N-methyl/N-ethyl adjacent to an activating group) is 1. The zero-order chi connectivity index (χ0) is 14.5. The molecule has 110 valence electrons. The van der Waals surface area contributed by atoms with Gasteiger partial charge in [-0.1, -0.05) is 13.0 Å². The third-order valence-corrected chi connectivity index (χ3v) is 4.33. The molecule has 0 aliphatic heterocycles. The van der Waals surface area contributed by atoms with Crippen LogP contribution in [0.3, 0.4) is 0 Å². The predicted octanol–water partition coefficient (Wildman–Crippen LogP) is 1.97. The second-order valence-corrected chi connectivity index (χ2v) is 6.39. The van der Waals surface area contributed by atoms with Crippen molar-refractivity contribution in [2.24, 2.45) is 5.73 Å². The van der Waals surface area contributed by atoms with E-state index in [1.165, 1.54) is 4.90 Å². The maximum atomic E-state index is 11.9. The lowest BCUT2D eigenvalue weighted by Gasteiger charge is -2.23. The molecule has 1 amide bonds. The average molecular weight is 293 g/mol. The number of amides is 1. The van der Waals surface area contributed by atoms with Gasteiger partial charge in [0.2, 0.25) is 5.91 Å². The number of anilines is 1. The van der Waals surface area contributed by atoms with Gasteiger partial charge >= 0.3 is 0 Å². The minimum absolute atomic E-state index is 0.0894. The van der Waals surface area contributed by atoms with Gasteiger partial charge in [-0.05, 0) is 30.7 Å². The molecular weight excluding hydrogens is 270 g/mol. The number of nitrogens with one attached hydrogen (secondary N) is 1. The van der Waals surface area contributed by atoms with Crippen LogP contribution in [-0.2, 0) is 11.3 Å². The summed E-state index contributed by atoms with van der Waals surface area (Å²) in [7, 11) is 1.95. The summed E-state index contributed by atoms with van der Waals surface area (Å²) in [5, 5.41) is 3.01. The molecule has 0 aromatic heterocycles. The molecule has 2 rings (SSSR count). The molecule has 0 atom stereocenters.